The molecule has 0 atom stereocenters. The first-order valence-electron chi connectivity index (χ1n) is 6.92. The van der Waals surface area contributed by atoms with Crippen LogP contribution in [-0.4, -0.2) is 42.1 Å². The van der Waals surface area contributed by atoms with E-state index >= 15 is 0 Å². The van der Waals surface area contributed by atoms with Gasteiger partial charge < -0.3 is 9.80 Å². The summed E-state index contributed by atoms with van der Waals surface area (Å²) in [5.41, 5.74) is 1.25. The molecule has 1 aromatic rings. The second-order valence-electron chi connectivity index (χ2n) is 5.32. The second-order valence-corrected chi connectivity index (χ2v) is 6.24. The molecule has 3 heterocycles. The number of hydrogen-bond acceptors (Lipinski definition) is 3. The summed E-state index contributed by atoms with van der Waals surface area (Å²) in [4.78, 5) is 9.41. The number of pyridine rings is 1. The van der Waals surface area contributed by atoms with Crippen molar-refractivity contribution in [1.29, 1.82) is 0 Å². The van der Waals surface area contributed by atoms with Crippen molar-refractivity contribution in [2.24, 2.45) is 0 Å². The minimum Gasteiger partial charge on any atom is -0.370 e. The summed E-state index contributed by atoms with van der Waals surface area (Å²) < 4.78 is 1.07. The van der Waals surface area contributed by atoms with Gasteiger partial charge in [-0.05, 0) is 60.8 Å². The van der Waals surface area contributed by atoms with Gasteiger partial charge in [-0.3, -0.25) is 4.98 Å². The van der Waals surface area contributed by atoms with E-state index in [1.54, 1.807) is 0 Å². The Labute approximate surface area is 117 Å². The van der Waals surface area contributed by atoms with Gasteiger partial charge in [-0.25, -0.2) is 0 Å². The average molecular weight is 310 g/mol. The van der Waals surface area contributed by atoms with Crippen molar-refractivity contribution in [2.75, 3.05) is 31.1 Å². The van der Waals surface area contributed by atoms with E-state index in [-0.39, 0.29) is 0 Å². The molecule has 0 amide bonds. The van der Waals surface area contributed by atoms with Crippen molar-refractivity contribution in [2.45, 2.75) is 31.7 Å². The number of aromatic nitrogens is 1. The zero-order valence-electron chi connectivity index (χ0n) is 10.7. The average Bonchev–Trinajstić information content (AvgIpc) is 2.93. The van der Waals surface area contributed by atoms with Crippen molar-refractivity contribution >= 4 is 21.6 Å². The Hall–Kier alpha value is -0.610. The van der Waals surface area contributed by atoms with Crippen LogP contribution in [0.15, 0.2) is 22.9 Å². The van der Waals surface area contributed by atoms with Gasteiger partial charge in [0, 0.05) is 29.8 Å². The molecule has 0 N–H and O–H groups in total. The van der Waals surface area contributed by atoms with E-state index in [0.717, 1.165) is 10.5 Å². The number of likely N-dealkylation sites (tertiary alicyclic amines) is 1. The fraction of sp³-hybridized carbons (Fsp3) is 0.643. The Kier molecular flexibility index (Phi) is 3.85. The lowest BCUT2D eigenvalue weighted by molar-refractivity contribution is 0.208. The Balaban J connectivity index is 1.59. The van der Waals surface area contributed by atoms with Gasteiger partial charge in [-0.1, -0.05) is 0 Å². The SMILES string of the molecule is Brc1cncc(N2CCC(N3CCCC3)CC2)c1. The predicted octanol–water partition coefficient (Wildman–Crippen LogP) is 2.91. The molecule has 0 saturated carbocycles. The normalized spacial score (nSPS) is 22.6. The summed E-state index contributed by atoms with van der Waals surface area (Å²) in [6.07, 6.45) is 9.21. The van der Waals surface area contributed by atoms with E-state index in [0.29, 0.717) is 0 Å². The highest BCUT2D eigenvalue weighted by molar-refractivity contribution is 9.10. The summed E-state index contributed by atoms with van der Waals surface area (Å²) in [7, 11) is 0. The van der Waals surface area contributed by atoms with Gasteiger partial charge >= 0.3 is 0 Å². The van der Waals surface area contributed by atoms with Gasteiger partial charge in [0.1, 0.15) is 0 Å². The molecule has 98 valence electrons. The van der Waals surface area contributed by atoms with Crippen molar-refractivity contribution in [3.63, 3.8) is 0 Å². The molecular formula is C14H20BrN3. The molecule has 0 bridgehead atoms. The quantitative estimate of drug-likeness (QED) is 0.837. The summed E-state index contributed by atoms with van der Waals surface area (Å²) in [5.74, 6) is 0. The lowest BCUT2D eigenvalue weighted by atomic mass is 10.0. The molecule has 0 aliphatic carbocycles. The number of piperidine rings is 1. The molecule has 2 fully saturated rings. The zero-order valence-corrected chi connectivity index (χ0v) is 12.3. The van der Waals surface area contributed by atoms with Gasteiger partial charge in [0.05, 0.1) is 11.9 Å². The van der Waals surface area contributed by atoms with Gasteiger partial charge in [-0.2, -0.15) is 0 Å². The first kappa shape index (κ1) is 12.4. The van der Waals surface area contributed by atoms with E-state index in [2.05, 4.69) is 36.8 Å². The Bertz CT molecular complexity index is 396. The standard InChI is InChI=1S/C14H20BrN3/c15-12-9-14(11-16-10-12)18-7-3-13(4-8-18)17-5-1-2-6-17/h9-11,13H,1-8H2. The smallest absolute Gasteiger partial charge is 0.0564 e. The van der Waals surface area contributed by atoms with E-state index < -0.39 is 0 Å². The number of rotatable bonds is 2. The number of nitrogens with zero attached hydrogens (tertiary/aromatic N) is 3. The number of halogens is 1. The van der Waals surface area contributed by atoms with Crippen LogP contribution in [0, 0.1) is 0 Å². The van der Waals surface area contributed by atoms with Crippen LogP contribution in [0.2, 0.25) is 0 Å². The minimum absolute atomic E-state index is 0.823. The molecule has 18 heavy (non-hydrogen) atoms. The predicted molar refractivity (Wildman–Crippen MR) is 78.0 cm³/mol. The van der Waals surface area contributed by atoms with E-state index in [9.17, 15) is 0 Å². The third kappa shape index (κ3) is 2.69. The molecule has 0 radical (unpaired) electrons. The van der Waals surface area contributed by atoms with Crippen LogP contribution in [0.1, 0.15) is 25.7 Å². The van der Waals surface area contributed by atoms with Crippen molar-refractivity contribution in [3.8, 4) is 0 Å². The summed E-state index contributed by atoms with van der Waals surface area (Å²) in [6.45, 7) is 4.98. The zero-order chi connectivity index (χ0) is 12.4. The third-order valence-electron chi connectivity index (χ3n) is 4.18. The van der Waals surface area contributed by atoms with E-state index in [1.807, 2.05) is 12.4 Å². The first-order valence-corrected chi connectivity index (χ1v) is 7.72. The van der Waals surface area contributed by atoms with Gasteiger partial charge in [0.15, 0.2) is 0 Å². The number of anilines is 1. The van der Waals surface area contributed by atoms with E-state index in [4.69, 9.17) is 0 Å². The summed E-state index contributed by atoms with van der Waals surface area (Å²) in [5, 5.41) is 0. The number of hydrogen-bond donors (Lipinski definition) is 0. The fourth-order valence-electron chi connectivity index (χ4n) is 3.17. The third-order valence-corrected chi connectivity index (χ3v) is 4.61. The van der Waals surface area contributed by atoms with Crippen LogP contribution in [0.5, 0.6) is 0 Å². The van der Waals surface area contributed by atoms with Gasteiger partial charge in [0.2, 0.25) is 0 Å². The van der Waals surface area contributed by atoms with Crippen molar-refractivity contribution < 1.29 is 0 Å². The lowest BCUT2D eigenvalue weighted by Gasteiger charge is -2.37. The maximum Gasteiger partial charge on any atom is 0.0564 e. The maximum absolute atomic E-state index is 4.26. The molecule has 0 spiro atoms. The molecule has 4 heteroatoms. The monoisotopic (exact) mass is 309 g/mol. The second kappa shape index (κ2) is 5.57. The maximum atomic E-state index is 4.26. The Morgan fingerprint density at radius 1 is 1.06 bits per heavy atom. The van der Waals surface area contributed by atoms with Crippen LogP contribution in [0.4, 0.5) is 5.69 Å². The van der Waals surface area contributed by atoms with Crippen LogP contribution >= 0.6 is 15.9 Å². The van der Waals surface area contributed by atoms with Gasteiger partial charge in [-0.15, -0.1) is 0 Å². The largest absolute Gasteiger partial charge is 0.370 e. The van der Waals surface area contributed by atoms with E-state index in [1.165, 1.54) is 57.5 Å². The molecule has 1 aromatic heterocycles. The highest BCUT2D eigenvalue weighted by Gasteiger charge is 2.26. The van der Waals surface area contributed by atoms with Crippen LogP contribution in [0.3, 0.4) is 0 Å². The van der Waals surface area contributed by atoms with Crippen LogP contribution < -0.4 is 4.90 Å². The lowest BCUT2D eigenvalue weighted by Crippen LogP contribution is -2.43. The first-order chi connectivity index (χ1) is 8.83. The molecule has 0 unspecified atom stereocenters. The van der Waals surface area contributed by atoms with Crippen LogP contribution in [-0.2, 0) is 0 Å². The topological polar surface area (TPSA) is 19.4 Å². The van der Waals surface area contributed by atoms with Crippen molar-refractivity contribution in [3.05, 3.63) is 22.9 Å². The Morgan fingerprint density at radius 2 is 1.78 bits per heavy atom. The molecule has 3 nitrogen and oxygen atoms in total. The van der Waals surface area contributed by atoms with Gasteiger partial charge in [0.25, 0.3) is 0 Å². The molecule has 2 saturated heterocycles. The Morgan fingerprint density at radius 3 is 2.44 bits per heavy atom. The van der Waals surface area contributed by atoms with Crippen LogP contribution in [0.25, 0.3) is 0 Å². The van der Waals surface area contributed by atoms with Crippen molar-refractivity contribution in [1.82, 2.24) is 9.88 Å². The highest BCUT2D eigenvalue weighted by Crippen LogP contribution is 2.25. The molecule has 0 aromatic carbocycles. The summed E-state index contributed by atoms with van der Waals surface area (Å²) in [6, 6.07) is 2.99. The summed E-state index contributed by atoms with van der Waals surface area (Å²) >= 11 is 3.50. The molecular weight excluding hydrogens is 290 g/mol. The fourth-order valence-corrected chi connectivity index (χ4v) is 3.52. The minimum atomic E-state index is 0.823. The molecule has 3 rings (SSSR count). The highest BCUT2D eigenvalue weighted by atomic mass is 79.9. The molecule has 2 aliphatic rings. The molecule has 2 aliphatic heterocycles.